The molecule has 1 amide bonds. The van der Waals surface area contributed by atoms with Gasteiger partial charge in [0.1, 0.15) is 6.42 Å². The molecule has 0 aliphatic rings. The summed E-state index contributed by atoms with van der Waals surface area (Å²) in [5.41, 5.74) is 0. The Bertz CT molecular complexity index is 172. The third-order valence-corrected chi connectivity index (χ3v) is 1.97. The van der Waals surface area contributed by atoms with Gasteiger partial charge in [0.2, 0.25) is 5.91 Å². The second-order valence-corrected chi connectivity index (χ2v) is 3.41. The number of carbonyl (C=O) groups is 2. The summed E-state index contributed by atoms with van der Waals surface area (Å²) < 4.78 is 0. The van der Waals surface area contributed by atoms with E-state index >= 15 is 0 Å². The predicted octanol–water partition coefficient (Wildman–Crippen LogP) is 0.329. The zero-order valence-electron chi connectivity index (χ0n) is 7.16. The van der Waals surface area contributed by atoms with E-state index in [2.05, 4.69) is 5.32 Å². The van der Waals surface area contributed by atoms with Gasteiger partial charge in [0, 0.05) is 11.8 Å². The zero-order valence-corrected chi connectivity index (χ0v) is 7.98. The van der Waals surface area contributed by atoms with E-state index in [0.717, 1.165) is 5.75 Å². The fraction of sp³-hybridized carbons (Fsp3) is 0.714. The maximum Gasteiger partial charge on any atom is 0.312 e. The Kier molecular flexibility index (Phi) is 5.53. The van der Waals surface area contributed by atoms with E-state index in [4.69, 9.17) is 5.11 Å². The van der Waals surface area contributed by atoms with Crippen molar-refractivity contribution in [3.63, 3.8) is 0 Å². The average molecular weight is 191 g/mol. The summed E-state index contributed by atoms with van der Waals surface area (Å²) in [6.07, 6.45) is 1.48. The minimum atomic E-state index is -1.09. The number of carboxylic acids is 1. The predicted molar refractivity (Wildman–Crippen MR) is 48.2 cm³/mol. The van der Waals surface area contributed by atoms with Gasteiger partial charge in [-0.2, -0.15) is 11.8 Å². The molecule has 0 saturated carbocycles. The number of hydrogen-bond acceptors (Lipinski definition) is 3. The molecule has 1 unspecified atom stereocenters. The van der Waals surface area contributed by atoms with E-state index in [-0.39, 0.29) is 6.04 Å². The highest BCUT2D eigenvalue weighted by Crippen LogP contribution is 1.96. The van der Waals surface area contributed by atoms with Crippen molar-refractivity contribution in [3.05, 3.63) is 0 Å². The Morgan fingerprint density at radius 3 is 2.58 bits per heavy atom. The van der Waals surface area contributed by atoms with E-state index in [1.807, 2.05) is 13.2 Å². The summed E-state index contributed by atoms with van der Waals surface area (Å²) in [4.78, 5) is 20.9. The van der Waals surface area contributed by atoms with Gasteiger partial charge < -0.3 is 10.4 Å². The van der Waals surface area contributed by atoms with Crippen molar-refractivity contribution in [2.24, 2.45) is 0 Å². The average Bonchev–Trinajstić information content (AvgIpc) is 1.84. The van der Waals surface area contributed by atoms with Crippen LogP contribution in [0.1, 0.15) is 13.3 Å². The number of carboxylic acid groups (broad SMARTS) is 1. The zero-order chi connectivity index (χ0) is 9.56. The molecular weight excluding hydrogens is 178 g/mol. The topological polar surface area (TPSA) is 66.4 Å². The van der Waals surface area contributed by atoms with Crippen molar-refractivity contribution < 1.29 is 14.7 Å². The third kappa shape index (κ3) is 6.03. The molecule has 2 N–H and O–H groups in total. The number of nitrogens with one attached hydrogen (secondary N) is 1. The Morgan fingerprint density at radius 1 is 1.58 bits per heavy atom. The van der Waals surface area contributed by atoms with Crippen LogP contribution in [0.5, 0.6) is 0 Å². The van der Waals surface area contributed by atoms with Crippen LogP contribution in [0.4, 0.5) is 0 Å². The normalized spacial score (nSPS) is 12.2. The van der Waals surface area contributed by atoms with Crippen LogP contribution in [-0.2, 0) is 9.59 Å². The fourth-order valence-corrected chi connectivity index (χ4v) is 1.34. The molecule has 1 atom stereocenters. The first-order valence-corrected chi connectivity index (χ1v) is 4.95. The molecule has 0 radical (unpaired) electrons. The van der Waals surface area contributed by atoms with E-state index in [0.29, 0.717) is 0 Å². The van der Waals surface area contributed by atoms with Gasteiger partial charge in [0.25, 0.3) is 0 Å². The molecule has 0 aliphatic heterocycles. The lowest BCUT2D eigenvalue weighted by atomic mass is 10.3. The summed E-state index contributed by atoms with van der Waals surface area (Å²) in [6, 6.07) is 0.0341. The highest BCUT2D eigenvalue weighted by atomic mass is 32.2. The SMILES string of the molecule is CSCC(C)NC(=O)CC(=O)O. The van der Waals surface area contributed by atoms with Gasteiger partial charge in [-0.1, -0.05) is 0 Å². The van der Waals surface area contributed by atoms with Gasteiger partial charge in [-0.25, -0.2) is 0 Å². The largest absolute Gasteiger partial charge is 0.481 e. The molecule has 0 fully saturated rings. The highest BCUT2D eigenvalue weighted by molar-refractivity contribution is 7.98. The molecule has 0 aromatic rings. The fourth-order valence-electron chi connectivity index (χ4n) is 0.755. The molecule has 12 heavy (non-hydrogen) atoms. The molecule has 0 aromatic heterocycles. The van der Waals surface area contributed by atoms with Gasteiger partial charge in [-0.3, -0.25) is 9.59 Å². The van der Waals surface area contributed by atoms with Crippen LogP contribution >= 0.6 is 11.8 Å². The first-order valence-electron chi connectivity index (χ1n) is 3.56. The van der Waals surface area contributed by atoms with Gasteiger partial charge >= 0.3 is 5.97 Å². The number of carbonyl (C=O) groups excluding carboxylic acids is 1. The smallest absolute Gasteiger partial charge is 0.312 e. The van der Waals surface area contributed by atoms with Crippen LogP contribution in [0, 0.1) is 0 Å². The Morgan fingerprint density at radius 2 is 2.17 bits per heavy atom. The number of aliphatic carboxylic acids is 1. The van der Waals surface area contributed by atoms with Crippen molar-refractivity contribution in [1.29, 1.82) is 0 Å². The number of rotatable bonds is 5. The summed E-state index contributed by atoms with van der Waals surface area (Å²) >= 11 is 1.61. The van der Waals surface area contributed by atoms with E-state index in [9.17, 15) is 9.59 Å². The monoisotopic (exact) mass is 191 g/mol. The number of thioether (sulfide) groups is 1. The molecule has 0 bridgehead atoms. The molecule has 0 aromatic carbocycles. The first-order chi connectivity index (χ1) is 5.56. The van der Waals surface area contributed by atoms with E-state index in [1.54, 1.807) is 11.8 Å². The van der Waals surface area contributed by atoms with Gasteiger partial charge in [-0.15, -0.1) is 0 Å². The summed E-state index contributed by atoms with van der Waals surface area (Å²) in [6.45, 7) is 1.84. The van der Waals surface area contributed by atoms with Crippen molar-refractivity contribution in [2.75, 3.05) is 12.0 Å². The molecule has 0 aliphatic carbocycles. The van der Waals surface area contributed by atoms with Crippen LogP contribution in [0.2, 0.25) is 0 Å². The third-order valence-electron chi connectivity index (χ3n) is 1.14. The molecule has 0 heterocycles. The minimum Gasteiger partial charge on any atom is -0.481 e. The summed E-state index contributed by atoms with van der Waals surface area (Å²) in [7, 11) is 0. The number of amides is 1. The maximum absolute atomic E-state index is 10.8. The Labute approximate surface area is 75.7 Å². The first kappa shape index (κ1) is 11.3. The molecule has 70 valence electrons. The minimum absolute atomic E-state index is 0.0341. The molecule has 0 spiro atoms. The Balaban J connectivity index is 3.61. The van der Waals surface area contributed by atoms with Gasteiger partial charge in [-0.05, 0) is 13.2 Å². The molecule has 0 rings (SSSR count). The lowest BCUT2D eigenvalue weighted by molar-refractivity contribution is -0.140. The van der Waals surface area contributed by atoms with Crippen molar-refractivity contribution >= 4 is 23.6 Å². The van der Waals surface area contributed by atoms with E-state index < -0.39 is 18.3 Å². The molecular formula is C7H13NO3S. The second-order valence-electron chi connectivity index (χ2n) is 2.49. The van der Waals surface area contributed by atoms with Crippen molar-refractivity contribution in [2.45, 2.75) is 19.4 Å². The highest BCUT2D eigenvalue weighted by Gasteiger charge is 2.09. The van der Waals surface area contributed by atoms with Crippen LogP contribution < -0.4 is 5.32 Å². The van der Waals surface area contributed by atoms with Gasteiger partial charge in [0.05, 0.1) is 0 Å². The summed E-state index contributed by atoms with van der Waals surface area (Å²) in [5, 5.41) is 10.8. The summed E-state index contributed by atoms with van der Waals surface area (Å²) in [5.74, 6) is -0.723. The number of hydrogen-bond donors (Lipinski definition) is 2. The van der Waals surface area contributed by atoms with Crippen molar-refractivity contribution in [1.82, 2.24) is 5.32 Å². The maximum atomic E-state index is 10.8. The van der Waals surface area contributed by atoms with E-state index in [1.165, 1.54) is 0 Å². The quantitative estimate of drug-likeness (QED) is 0.614. The standard InChI is InChI=1S/C7H13NO3S/c1-5(4-12-2)8-6(9)3-7(10)11/h5H,3-4H2,1-2H3,(H,8,9)(H,10,11). The van der Waals surface area contributed by atoms with Crippen LogP contribution in [0.3, 0.4) is 0 Å². The Hall–Kier alpha value is -0.710. The second kappa shape index (κ2) is 5.88. The lowest BCUT2D eigenvalue weighted by Gasteiger charge is -2.10. The van der Waals surface area contributed by atoms with Crippen LogP contribution in [-0.4, -0.2) is 35.0 Å². The van der Waals surface area contributed by atoms with Crippen molar-refractivity contribution in [3.8, 4) is 0 Å². The van der Waals surface area contributed by atoms with Crippen LogP contribution in [0.25, 0.3) is 0 Å². The molecule has 0 saturated heterocycles. The van der Waals surface area contributed by atoms with Crippen LogP contribution in [0.15, 0.2) is 0 Å². The lowest BCUT2D eigenvalue weighted by Crippen LogP contribution is -2.35. The molecule has 4 nitrogen and oxygen atoms in total. The molecule has 5 heteroatoms. The van der Waals surface area contributed by atoms with Gasteiger partial charge in [0.15, 0.2) is 0 Å².